The minimum Gasteiger partial charge on any atom is -0.444 e. The number of fused-ring (bicyclic) bond motifs is 1. The quantitative estimate of drug-likeness (QED) is 0.400. The number of aromatic amines is 1. The molecule has 1 aromatic carbocycles. The van der Waals surface area contributed by atoms with Crippen molar-refractivity contribution in [3.63, 3.8) is 0 Å². The summed E-state index contributed by atoms with van der Waals surface area (Å²) in [6, 6.07) is 7.42. The molecular formula is C31H39N7O2. The van der Waals surface area contributed by atoms with Gasteiger partial charge in [-0.05, 0) is 81.7 Å². The molecule has 1 amide bonds. The van der Waals surface area contributed by atoms with Crippen LogP contribution in [0.2, 0.25) is 0 Å². The highest BCUT2D eigenvalue weighted by Gasteiger charge is 2.27. The standard InChI is InChI=1S/C31H39N7O2/c1-20-14-22(15-21(2)28(20)38-12-10-37(11-13-38)24-6-8-36(5)9-7-24)23-16-25-26(18-33-29(25)32-17-23)30-34-27(19-40-30)31(39)35(3)4/h14-19,24H,6-13H2,1-5H3,(H,32,33). The van der Waals surface area contributed by atoms with Crippen molar-refractivity contribution in [2.45, 2.75) is 32.7 Å². The van der Waals surface area contributed by atoms with Crippen molar-refractivity contribution < 1.29 is 9.21 Å². The Kier molecular flexibility index (Phi) is 7.10. The van der Waals surface area contributed by atoms with Gasteiger partial charge in [0, 0.05) is 75.3 Å². The fourth-order valence-corrected chi connectivity index (χ4v) is 6.36. The molecule has 0 atom stereocenters. The zero-order chi connectivity index (χ0) is 28.0. The molecule has 2 saturated heterocycles. The van der Waals surface area contributed by atoms with E-state index in [1.54, 1.807) is 14.1 Å². The molecule has 4 aromatic rings. The molecule has 2 fully saturated rings. The third-order valence-electron chi connectivity index (χ3n) is 8.55. The van der Waals surface area contributed by atoms with Crippen LogP contribution in [0.1, 0.15) is 34.5 Å². The first kappa shape index (κ1) is 26.5. The van der Waals surface area contributed by atoms with Crippen LogP contribution in [0.4, 0.5) is 5.69 Å². The number of benzene rings is 1. The number of likely N-dealkylation sites (tertiary alicyclic amines) is 1. The van der Waals surface area contributed by atoms with Gasteiger partial charge in [-0.2, -0.15) is 0 Å². The zero-order valence-electron chi connectivity index (χ0n) is 24.2. The molecule has 0 unspecified atom stereocenters. The predicted octanol–water partition coefficient (Wildman–Crippen LogP) is 4.42. The highest BCUT2D eigenvalue weighted by molar-refractivity contribution is 5.96. The third kappa shape index (κ3) is 4.99. The van der Waals surface area contributed by atoms with E-state index < -0.39 is 0 Å². The summed E-state index contributed by atoms with van der Waals surface area (Å²) < 4.78 is 5.69. The first-order valence-electron chi connectivity index (χ1n) is 14.2. The van der Waals surface area contributed by atoms with E-state index in [9.17, 15) is 4.79 Å². The summed E-state index contributed by atoms with van der Waals surface area (Å²) >= 11 is 0. The molecule has 6 rings (SSSR count). The van der Waals surface area contributed by atoms with E-state index in [0.29, 0.717) is 5.89 Å². The number of H-pyrrole nitrogens is 1. The van der Waals surface area contributed by atoms with Crippen LogP contribution in [0, 0.1) is 13.8 Å². The zero-order valence-corrected chi connectivity index (χ0v) is 24.2. The Hall–Kier alpha value is -3.69. The van der Waals surface area contributed by atoms with Crippen LogP contribution in [-0.4, -0.2) is 102 Å². The Balaban J connectivity index is 1.22. The number of hydrogen-bond donors (Lipinski definition) is 1. The largest absolute Gasteiger partial charge is 0.444 e. The van der Waals surface area contributed by atoms with Gasteiger partial charge < -0.3 is 24.1 Å². The van der Waals surface area contributed by atoms with Gasteiger partial charge in [0.25, 0.3) is 5.91 Å². The molecule has 0 saturated carbocycles. The molecule has 210 valence electrons. The van der Waals surface area contributed by atoms with Gasteiger partial charge in [0.1, 0.15) is 11.9 Å². The van der Waals surface area contributed by atoms with Crippen LogP contribution in [0.15, 0.2) is 41.3 Å². The van der Waals surface area contributed by atoms with Crippen LogP contribution in [0.25, 0.3) is 33.6 Å². The number of amides is 1. The van der Waals surface area contributed by atoms with Crippen molar-refractivity contribution in [1.82, 2.24) is 29.7 Å². The highest BCUT2D eigenvalue weighted by atomic mass is 16.3. The molecule has 2 aliphatic rings. The second-order valence-electron chi connectivity index (χ2n) is 11.6. The Morgan fingerprint density at radius 2 is 1.70 bits per heavy atom. The van der Waals surface area contributed by atoms with Crippen molar-refractivity contribution in [1.29, 1.82) is 0 Å². The average molecular weight is 542 g/mol. The molecule has 9 nitrogen and oxygen atoms in total. The lowest BCUT2D eigenvalue weighted by atomic mass is 9.97. The number of pyridine rings is 1. The Bertz CT molecular complexity index is 1500. The topological polar surface area (TPSA) is 84.7 Å². The second kappa shape index (κ2) is 10.7. The summed E-state index contributed by atoms with van der Waals surface area (Å²) in [7, 11) is 5.63. The third-order valence-corrected chi connectivity index (χ3v) is 8.55. The van der Waals surface area contributed by atoms with Gasteiger partial charge in [0.05, 0.1) is 5.56 Å². The van der Waals surface area contributed by atoms with Crippen LogP contribution in [0.5, 0.6) is 0 Å². The van der Waals surface area contributed by atoms with E-state index in [1.807, 2.05) is 12.4 Å². The first-order valence-corrected chi connectivity index (χ1v) is 14.2. The minimum absolute atomic E-state index is 0.192. The summed E-state index contributed by atoms with van der Waals surface area (Å²) in [6.07, 6.45) is 7.73. The number of anilines is 1. The number of piperazine rings is 1. The summed E-state index contributed by atoms with van der Waals surface area (Å²) in [5, 5.41) is 0.910. The molecule has 0 bridgehead atoms. The maximum absolute atomic E-state index is 12.3. The fourth-order valence-electron chi connectivity index (χ4n) is 6.36. The lowest BCUT2D eigenvalue weighted by Gasteiger charge is -2.43. The van der Waals surface area contributed by atoms with Gasteiger partial charge in [-0.25, -0.2) is 9.97 Å². The molecule has 9 heteroatoms. The first-order chi connectivity index (χ1) is 19.3. The van der Waals surface area contributed by atoms with Crippen molar-refractivity contribution in [2.75, 3.05) is 65.3 Å². The normalized spacial score (nSPS) is 17.6. The van der Waals surface area contributed by atoms with Crippen molar-refractivity contribution in [2.24, 2.45) is 0 Å². The molecule has 40 heavy (non-hydrogen) atoms. The van der Waals surface area contributed by atoms with Crippen LogP contribution in [0.3, 0.4) is 0 Å². The average Bonchev–Trinajstić information content (AvgIpc) is 3.60. The van der Waals surface area contributed by atoms with Crippen molar-refractivity contribution >= 4 is 22.6 Å². The van der Waals surface area contributed by atoms with E-state index >= 15 is 0 Å². The van der Waals surface area contributed by atoms with Crippen molar-refractivity contribution in [3.8, 4) is 22.6 Å². The molecule has 0 radical (unpaired) electrons. The maximum atomic E-state index is 12.3. The molecule has 0 aliphatic carbocycles. The highest BCUT2D eigenvalue weighted by Crippen LogP contribution is 2.35. The number of aryl methyl sites for hydroxylation is 2. The Morgan fingerprint density at radius 3 is 2.38 bits per heavy atom. The lowest BCUT2D eigenvalue weighted by Crippen LogP contribution is -2.53. The summed E-state index contributed by atoms with van der Waals surface area (Å²) in [6.45, 7) is 11.3. The van der Waals surface area contributed by atoms with E-state index in [-0.39, 0.29) is 11.6 Å². The smallest absolute Gasteiger partial charge is 0.275 e. The van der Waals surface area contributed by atoms with E-state index in [0.717, 1.165) is 59.9 Å². The van der Waals surface area contributed by atoms with Gasteiger partial charge in [-0.3, -0.25) is 9.69 Å². The molecule has 3 aromatic heterocycles. The number of carbonyl (C=O) groups excluding carboxylic acids is 1. The number of nitrogens with one attached hydrogen (secondary N) is 1. The number of rotatable bonds is 5. The summed E-state index contributed by atoms with van der Waals surface area (Å²) in [5.74, 6) is 0.209. The Morgan fingerprint density at radius 1 is 1.00 bits per heavy atom. The van der Waals surface area contributed by atoms with E-state index in [1.165, 1.54) is 53.9 Å². The predicted molar refractivity (Wildman–Crippen MR) is 159 cm³/mol. The van der Waals surface area contributed by atoms with Gasteiger partial charge >= 0.3 is 0 Å². The Labute approximate surface area is 235 Å². The van der Waals surface area contributed by atoms with Gasteiger partial charge in [-0.1, -0.05) is 0 Å². The fraction of sp³-hybridized carbons (Fsp3) is 0.452. The maximum Gasteiger partial charge on any atom is 0.275 e. The second-order valence-corrected chi connectivity index (χ2v) is 11.6. The van der Waals surface area contributed by atoms with Gasteiger partial charge in [0.2, 0.25) is 5.89 Å². The molecular weight excluding hydrogens is 502 g/mol. The molecule has 0 spiro atoms. The summed E-state index contributed by atoms with van der Waals surface area (Å²) in [5.41, 5.74) is 7.94. The SMILES string of the molecule is Cc1cc(-c2cnc3[nH]cc(-c4nc(C(=O)N(C)C)co4)c3c2)cc(C)c1N1CCN(C2CCN(C)CC2)CC1. The minimum atomic E-state index is -0.192. The lowest BCUT2D eigenvalue weighted by molar-refractivity contribution is 0.0822. The molecule has 5 heterocycles. The number of hydrogen-bond acceptors (Lipinski definition) is 7. The number of piperidine rings is 1. The van der Waals surface area contributed by atoms with Crippen LogP contribution < -0.4 is 4.90 Å². The van der Waals surface area contributed by atoms with Gasteiger partial charge in [0.15, 0.2) is 5.69 Å². The number of aromatic nitrogens is 3. The molecule has 1 N–H and O–H groups in total. The number of carbonyl (C=O) groups is 1. The number of nitrogens with zero attached hydrogens (tertiary/aromatic N) is 6. The number of oxazole rings is 1. The van der Waals surface area contributed by atoms with E-state index in [4.69, 9.17) is 4.42 Å². The van der Waals surface area contributed by atoms with Gasteiger partial charge in [-0.15, -0.1) is 0 Å². The van der Waals surface area contributed by atoms with Crippen LogP contribution in [-0.2, 0) is 0 Å². The van der Waals surface area contributed by atoms with E-state index in [2.05, 4.69) is 68.7 Å². The molecule has 2 aliphatic heterocycles. The monoisotopic (exact) mass is 541 g/mol. The summed E-state index contributed by atoms with van der Waals surface area (Å²) in [4.78, 5) is 33.9. The van der Waals surface area contributed by atoms with Crippen molar-refractivity contribution in [3.05, 3.63) is 53.7 Å². The van der Waals surface area contributed by atoms with Crippen LogP contribution >= 0.6 is 0 Å².